The number of amides is 1. The summed E-state index contributed by atoms with van der Waals surface area (Å²) in [4.78, 5) is 31.8. The molecule has 1 fully saturated rings. The maximum absolute atomic E-state index is 13.2. The Morgan fingerprint density at radius 1 is 1.18 bits per heavy atom. The summed E-state index contributed by atoms with van der Waals surface area (Å²) in [5.74, 6) is -0.924. The van der Waals surface area contributed by atoms with Gasteiger partial charge in [-0.15, -0.1) is 22.7 Å². The van der Waals surface area contributed by atoms with Gasteiger partial charge in [-0.3, -0.25) is 4.79 Å². The van der Waals surface area contributed by atoms with Gasteiger partial charge in [-0.25, -0.2) is 14.8 Å². The molecule has 0 radical (unpaired) electrons. The maximum atomic E-state index is 13.2. The van der Waals surface area contributed by atoms with Crippen molar-refractivity contribution in [3.8, 4) is 0 Å². The molecule has 0 aromatic carbocycles. The standard InChI is InChI=1S/C24H20ClN3O3S2/c25-23-18(8-2-10-26-23)24(30)31-14-20(29)28-22(19-9-4-12-33-19)17-7-1-5-15(21(17)27-28)13-16-6-3-11-32-16/h2-4,6,8-13,17,22H,1,5,7,14H2. The lowest BCUT2D eigenvalue weighted by atomic mass is 9.79. The van der Waals surface area contributed by atoms with Crippen LogP contribution in [0.5, 0.6) is 0 Å². The number of hydrazone groups is 1. The van der Waals surface area contributed by atoms with Gasteiger partial charge in [0, 0.05) is 21.9 Å². The van der Waals surface area contributed by atoms with Gasteiger partial charge in [0.25, 0.3) is 5.91 Å². The van der Waals surface area contributed by atoms with Crippen molar-refractivity contribution in [1.82, 2.24) is 9.99 Å². The van der Waals surface area contributed by atoms with Crippen LogP contribution in [0.2, 0.25) is 5.15 Å². The first kappa shape index (κ1) is 22.0. The van der Waals surface area contributed by atoms with Gasteiger partial charge in [-0.05, 0) is 65.9 Å². The molecule has 5 rings (SSSR count). The molecule has 3 aromatic rings. The first-order valence-electron chi connectivity index (χ1n) is 10.6. The zero-order valence-electron chi connectivity index (χ0n) is 17.5. The van der Waals surface area contributed by atoms with Crippen molar-refractivity contribution in [1.29, 1.82) is 0 Å². The molecule has 4 heterocycles. The van der Waals surface area contributed by atoms with Crippen LogP contribution in [0.4, 0.5) is 0 Å². The number of pyridine rings is 1. The van der Waals surface area contributed by atoms with Crippen molar-refractivity contribution in [2.45, 2.75) is 25.3 Å². The molecule has 6 nitrogen and oxygen atoms in total. The third-order valence-corrected chi connectivity index (χ3v) is 7.82. The summed E-state index contributed by atoms with van der Waals surface area (Å²) in [5.41, 5.74) is 2.26. The summed E-state index contributed by atoms with van der Waals surface area (Å²) in [6, 6.07) is 11.0. The van der Waals surface area contributed by atoms with E-state index < -0.39 is 12.6 Å². The normalized spacial score (nSPS) is 21.1. The Kier molecular flexibility index (Phi) is 6.39. The van der Waals surface area contributed by atoms with E-state index in [-0.39, 0.29) is 28.6 Å². The average Bonchev–Trinajstić information content (AvgIpc) is 3.58. The fraction of sp³-hybridized carbons (Fsp3) is 0.250. The van der Waals surface area contributed by atoms with Crippen LogP contribution in [0.3, 0.4) is 0 Å². The van der Waals surface area contributed by atoms with Crippen molar-refractivity contribution < 1.29 is 14.3 Å². The van der Waals surface area contributed by atoms with E-state index in [1.54, 1.807) is 28.7 Å². The number of esters is 1. The Morgan fingerprint density at radius 3 is 2.79 bits per heavy atom. The largest absolute Gasteiger partial charge is 0.452 e. The quantitative estimate of drug-likeness (QED) is 0.328. The molecule has 1 saturated carbocycles. The van der Waals surface area contributed by atoms with Crippen LogP contribution in [0.1, 0.15) is 45.4 Å². The Hall–Kier alpha value is -2.81. The van der Waals surface area contributed by atoms with Crippen molar-refractivity contribution in [3.05, 3.63) is 79.4 Å². The van der Waals surface area contributed by atoms with E-state index in [9.17, 15) is 9.59 Å². The van der Waals surface area contributed by atoms with Crippen LogP contribution in [0, 0.1) is 5.92 Å². The van der Waals surface area contributed by atoms with E-state index in [1.807, 2.05) is 23.6 Å². The molecule has 168 valence electrons. The van der Waals surface area contributed by atoms with Gasteiger partial charge >= 0.3 is 5.97 Å². The summed E-state index contributed by atoms with van der Waals surface area (Å²) in [6.45, 7) is -0.417. The van der Waals surface area contributed by atoms with E-state index in [1.165, 1.54) is 27.7 Å². The zero-order valence-corrected chi connectivity index (χ0v) is 19.9. The van der Waals surface area contributed by atoms with Crippen LogP contribution in [0.15, 0.2) is 64.0 Å². The van der Waals surface area contributed by atoms with Crippen molar-refractivity contribution in [2.24, 2.45) is 11.0 Å². The summed E-state index contributed by atoms with van der Waals surface area (Å²) in [7, 11) is 0. The number of ether oxygens (including phenoxy) is 1. The minimum absolute atomic E-state index is 0.0437. The number of carbonyl (C=O) groups excluding carboxylic acids is 2. The van der Waals surface area contributed by atoms with Gasteiger partial charge in [-0.1, -0.05) is 23.7 Å². The third kappa shape index (κ3) is 4.51. The minimum atomic E-state index is -0.684. The molecule has 3 aromatic heterocycles. The maximum Gasteiger partial charge on any atom is 0.341 e. The Bertz CT molecular complexity index is 1220. The molecule has 0 N–H and O–H groups in total. The van der Waals surface area contributed by atoms with Crippen molar-refractivity contribution in [3.63, 3.8) is 0 Å². The highest BCUT2D eigenvalue weighted by Crippen LogP contribution is 2.45. The van der Waals surface area contributed by atoms with Gasteiger partial charge in [0.1, 0.15) is 5.15 Å². The van der Waals surface area contributed by atoms with Gasteiger partial charge in [-0.2, -0.15) is 5.10 Å². The number of thiophene rings is 2. The molecule has 1 amide bonds. The van der Waals surface area contributed by atoms with Crippen LogP contribution in [-0.4, -0.2) is 34.2 Å². The first-order chi connectivity index (χ1) is 16.1. The molecule has 33 heavy (non-hydrogen) atoms. The number of hydrogen-bond acceptors (Lipinski definition) is 7. The van der Waals surface area contributed by atoms with Gasteiger partial charge in [0.2, 0.25) is 0 Å². The monoisotopic (exact) mass is 497 g/mol. The number of nitrogens with zero attached hydrogens (tertiary/aromatic N) is 3. The highest BCUT2D eigenvalue weighted by Gasteiger charge is 2.44. The van der Waals surface area contributed by atoms with Crippen LogP contribution in [0.25, 0.3) is 6.08 Å². The molecular weight excluding hydrogens is 478 g/mol. The number of carbonyl (C=O) groups is 2. The predicted molar refractivity (Wildman–Crippen MR) is 131 cm³/mol. The number of fused-ring (bicyclic) bond motifs is 1. The van der Waals surface area contributed by atoms with E-state index >= 15 is 0 Å². The van der Waals surface area contributed by atoms with E-state index in [0.29, 0.717) is 0 Å². The van der Waals surface area contributed by atoms with E-state index in [2.05, 4.69) is 22.5 Å². The lowest BCUT2D eigenvalue weighted by Crippen LogP contribution is -2.34. The molecule has 0 spiro atoms. The van der Waals surface area contributed by atoms with Crippen LogP contribution >= 0.6 is 34.3 Å². The Morgan fingerprint density at radius 2 is 2.03 bits per heavy atom. The van der Waals surface area contributed by atoms with E-state index in [4.69, 9.17) is 21.4 Å². The summed E-state index contributed by atoms with van der Waals surface area (Å²) in [6.07, 6.45) is 6.59. The second-order valence-corrected chi connectivity index (χ2v) is 10.1. The van der Waals surface area contributed by atoms with Gasteiger partial charge < -0.3 is 4.74 Å². The molecule has 0 bridgehead atoms. The number of rotatable bonds is 5. The topological polar surface area (TPSA) is 71.9 Å². The lowest BCUT2D eigenvalue weighted by Gasteiger charge is -2.28. The molecule has 0 saturated heterocycles. The SMILES string of the molecule is O=C(OCC(=O)N1N=C2C(=Cc3cccs3)CCCC2C1c1cccs1)c1cccnc1Cl. The van der Waals surface area contributed by atoms with Gasteiger partial charge in [0.05, 0.1) is 17.3 Å². The fourth-order valence-electron chi connectivity index (χ4n) is 4.30. The fourth-order valence-corrected chi connectivity index (χ4v) is 6.05. The van der Waals surface area contributed by atoms with Crippen molar-refractivity contribution >= 4 is 57.9 Å². The Labute approximate surface area is 204 Å². The molecular formula is C24H20ClN3O3S2. The molecule has 1 aliphatic carbocycles. The summed E-state index contributed by atoms with van der Waals surface area (Å²) >= 11 is 9.27. The molecule has 1 aliphatic heterocycles. The second kappa shape index (κ2) is 9.59. The first-order valence-corrected chi connectivity index (χ1v) is 12.7. The summed E-state index contributed by atoms with van der Waals surface area (Å²) in [5, 5.41) is 10.4. The number of halogens is 1. The van der Waals surface area contributed by atoms with Crippen molar-refractivity contribution in [2.75, 3.05) is 6.61 Å². The highest BCUT2D eigenvalue weighted by molar-refractivity contribution is 7.11. The van der Waals surface area contributed by atoms with Crippen LogP contribution in [-0.2, 0) is 9.53 Å². The highest BCUT2D eigenvalue weighted by atomic mass is 35.5. The zero-order chi connectivity index (χ0) is 22.8. The van der Waals surface area contributed by atoms with Crippen LogP contribution < -0.4 is 0 Å². The second-order valence-electron chi connectivity index (χ2n) is 7.79. The number of allylic oxidation sites excluding steroid dienone is 1. The minimum Gasteiger partial charge on any atom is -0.452 e. The third-order valence-electron chi connectivity index (χ3n) is 5.76. The average molecular weight is 498 g/mol. The molecule has 2 unspecified atom stereocenters. The molecule has 2 aliphatic rings. The molecule has 2 atom stereocenters. The smallest absolute Gasteiger partial charge is 0.341 e. The Balaban J connectivity index is 1.40. The number of hydrogen-bond donors (Lipinski definition) is 0. The van der Waals surface area contributed by atoms with Gasteiger partial charge in [0.15, 0.2) is 6.61 Å². The lowest BCUT2D eigenvalue weighted by molar-refractivity contribution is -0.136. The molecule has 9 heteroatoms. The number of aromatic nitrogens is 1. The predicted octanol–water partition coefficient (Wildman–Crippen LogP) is 5.84. The van der Waals surface area contributed by atoms with E-state index in [0.717, 1.165) is 29.9 Å². The summed E-state index contributed by atoms with van der Waals surface area (Å²) < 4.78 is 5.28.